The molecule has 11 heteroatoms. The maximum absolute atomic E-state index is 18.1. The lowest BCUT2D eigenvalue weighted by atomic mass is 9.46. The average molecular weight is 711 g/mol. The van der Waals surface area contributed by atoms with Crippen molar-refractivity contribution >= 4 is 58.6 Å². The molecule has 0 amide bonds. The SMILES string of the molecule is CC(=O)O[C@H]1CC[C@H]2[C@@H]3CC=C4C=C(OC(=O)C(C)Sc5ccc(N(CCCl)CCCl)cc5)CC[C@]4(C)[C@@]3(F)[C@@H](OC(C)=O)C[C@]12C. The van der Waals surface area contributed by atoms with E-state index in [4.69, 9.17) is 37.4 Å². The number of anilines is 1. The Hall–Kier alpha value is -2.23. The van der Waals surface area contributed by atoms with Crippen LogP contribution in [0.2, 0.25) is 0 Å². The number of hydrogen-bond donors (Lipinski definition) is 0. The van der Waals surface area contributed by atoms with Crippen molar-refractivity contribution in [3.8, 4) is 0 Å². The fraction of sp³-hybridized carbons (Fsp3) is 0.639. The number of allylic oxidation sites excluding steroid dienone is 4. The van der Waals surface area contributed by atoms with Gasteiger partial charge >= 0.3 is 17.9 Å². The van der Waals surface area contributed by atoms with Crippen LogP contribution >= 0.6 is 35.0 Å². The zero-order chi connectivity index (χ0) is 34.1. The molecule has 0 N–H and O–H groups in total. The van der Waals surface area contributed by atoms with Crippen LogP contribution < -0.4 is 4.90 Å². The van der Waals surface area contributed by atoms with Gasteiger partial charge in [0.25, 0.3) is 0 Å². The molecule has 0 heterocycles. The highest BCUT2D eigenvalue weighted by molar-refractivity contribution is 8.00. The highest BCUT2D eigenvalue weighted by atomic mass is 35.5. The minimum Gasteiger partial charge on any atom is -0.462 e. The molecule has 1 unspecified atom stereocenters. The first-order chi connectivity index (χ1) is 22.3. The van der Waals surface area contributed by atoms with Gasteiger partial charge in [-0.3, -0.25) is 14.4 Å². The van der Waals surface area contributed by atoms with Crippen molar-refractivity contribution in [3.63, 3.8) is 0 Å². The Labute approximate surface area is 291 Å². The van der Waals surface area contributed by atoms with Crippen molar-refractivity contribution < 1.29 is 33.0 Å². The molecular formula is C36H46Cl2FNO6S. The molecule has 0 bridgehead atoms. The third-order valence-corrected chi connectivity index (χ3v) is 12.5. The van der Waals surface area contributed by atoms with Crippen LogP contribution in [0.4, 0.5) is 10.1 Å². The van der Waals surface area contributed by atoms with Crippen LogP contribution in [-0.2, 0) is 28.6 Å². The molecule has 0 aliphatic heterocycles. The number of ether oxygens (including phenoxy) is 3. The quantitative estimate of drug-likeness (QED) is 0.0989. The predicted octanol–water partition coefficient (Wildman–Crippen LogP) is 8.02. The molecule has 0 radical (unpaired) electrons. The van der Waals surface area contributed by atoms with Gasteiger partial charge in [-0.15, -0.1) is 35.0 Å². The van der Waals surface area contributed by atoms with Gasteiger partial charge in [0, 0.05) is 72.4 Å². The van der Waals surface area contributed by atoms with Crippen molar-refractivity contribution in [1.82, 2.24) is 0 Å². The summed E-state index contributed by atoms with van der Waals surface area (Å²) in [5, 5.41) is -0.467. The summed E-state index contributed by atoms with van der Waals surface area (Å²) < 4.78 is 35.6. The summed E-state index contributed by atoms with van der Waals surface area (Å²) in [7, 11) is 0. The highest BCUT2D eigenvalue weighted by Crippen LogP contribution is 2.68. The van der Waals surface area contributed by atoms with Crippen LogP contribution in [-0.4, -0.2) is 65.9 Å². The van der Waals surface area contributed by atoms with Gasteiger partial charge in [-0.2, -0.15) is 0 Å². The summed E-state index contributed by atoms with van der Waals surface area (Å²) in [6.45, 7) is 9.89. The van der Waals surface area contributed by atoms with Crippen molar-refractivity contribution in [2.24, 2.45) is 22.7 Å². The molecule has 8 atom stereocenters. The third kappa shape index (κ3) is 6.83. The Kier molecular flexibility index (Phi) is 11.0. The van der Waals surface area contributed by atoms with Crippen LogP contribution in [0.15, 0.2) is 52.6 Å². The number of hydrogen-bond acceptors (Lipinski definition) is 8. The molecular weight excluding hydrogens is 664 g/mol. The van der Waals surface area contributed by atoms with Gasteiger partial charge in [-0.1, -0.05) is 19.9 Å². The van der Waals surface area contributed by atoms with E-state index in [1.54, 1.807) is 0 Å². The lowest BCUT2D eigenvalue weighted by Crippen LogP contribution is -2.67. The Balaban J connectivity index is 1.32. The smallest absolute Gasteiger partial charge is 0.324 e. The molecule has 7 nitrogen and oxygen atoms in total. The number of fused-ring (bicyclic) bond motifs is 5. The first-order valence-corrected chi connectivity index (χ1v) is 18.5. The van der Waals surface area contributed by atoms with E-state index in [1.165, 1.54) is 25.6 Å². The highest BCUT2D eigenvalue weighted by Gasteiger charge is 2.72. The molecule has 1 aromatic rings. The van der Waals surface area contributed by atoms with Crippen LogP contribution in [0.3, 0.4) is 0 Å². The van der Waals surface area contributed by atoms with Crippen molar-refractivity contribution in [2.45, 2.75) is 101 Å². The first kappa shape index (κ1) is 36.1. The van der Waals surface area contributed by atoms with Crippen LogP contribution in [0.25, 0.3) is 0 Å². The van der Waals surface area contributed by atoms with Crippen LogP contribution in [0, 0.1) is 22.7 Å². The van der Waals surface area contributed by atoms with Crippen molar-refractivity contribution in [2.75, 3.05) is 29.7 Å². The normalized spacial score (nSPS) is 33.3. The van der Waals surface area contributed by atoms with Gasteiger partial charge < -0.3 is 19.1 Å². The van der Waals surface area contributed by atoms with Crippen molar-refractivity contribution in [3.05, 3.63) is 47.7 Å². The number of nitrogens with zero attached hydrogens (tertiary/aromatic N) is 1. The molecule has 5 rings (SSSR count). The largest absolute Gasteiger partial charge is 0.462 e. The molecule has 0 spiro atoms. The van der Waals surface area contributed by atoms with Gasteiger partial charge in [0.1, 0.15) is 23.2 Å². The molecule has 4 aliphatic carbocycles. The standard InChI is InChI=1S/C36H46Cl2FNO6S/c1-22(47-28-9-7-26(8-10-28)40(18-16-37)19-17-38)33(43)46-27-14-15-35(5)25(20-27)6-11-30-29-12-13-31(44-23(2)41)34(29,4)21-32(36(30,35)39)45-24(3)42/h6-10,20,22,29-32H,11-19,21H2,1-5H3/t22?,29-,30-,31-,32-,34-,35-,36-/m0/s1. The number of benzene rings is 1. The van der Waals surface area contributed by atoms with Crippen LogP contribution in [0.1, 0.15) is 73.1 Å². The minimum atomic E-state index is -1.83. The second-order valence-corrected chi connectivity index (χ2v) is 16.0. The Morgan fingerprint density at radius 3 is 2.26 bits per heavy atom. The van der Waals surface area contributed by atoms with E-state index < -0.39 is 39.7 Å². The summed E-state index contributed by atoms with van der Waals surface area (Å²) in [6.07, 6.45) is 5.49. The molecule has 258 valence electrons. The molecule has 1 aromatic carbocycles. The topological polar surface area (TPSA) is 82.1 Å². The van der Waals surface area contributed by atoms with Crippen molar-refractivity contribution in [1.29, 1.82) is 0 Å². The number of alkyl halides is 3. The maximum Gasteiger partial charge on any atom is 0.324 e. The number of thioether (sulfide) groups is 1. The Morgan fingerprint density at radius 1 is 1.00 bits per heavy atom. The van der Waals surface area contributed by atoms with Crippen LogP contribution in [0.5, 0.6) is 0 Å². The van der Waals surface area contributed by atoms with Gasteiger partial charge in [0.05, 0.1) is 0 Å². The average Bonchev–Trinajstić information content (AvgIpc) is 3.32. The predicted molar refractivity (Wildman–Crippen MR) is 184 cm³/mol. The molecule has 2 fully saturated rings. The lowest BCUT2D eigenvalue weighted by molar-refractivity contribution is -0.222. The van der Waals surface area contributed by atoms with E-state index in [1.807, 2.05) is 44.2 Å². The molecule has 2 saturated carbocycles. The summed E-state index contributed by atoms with van der Waals surface area (Å²) in [6, 6.07) is 7.95. The summed E-state index contributed by atoms with van der Waals surface area (Å²) in [5.41, 5.74) is -1.49. The number of carbonyl (C=O) groups excluding carboxylic acids is 3. The maximum atomic E-state index is 18.1. The van der Waals surface area contributed by atoms with E-state index in [2.05, 4.69) is 17.9 Å². The summed E-state index contributed by atoms with van der Waals surface area (Å²) >= 11 is 13.3. The molecule has 4 aliphatic rings. The number of esters is 3. The minimum absolute atomic E-state index is 0.0304. The lowest BCUT2D eigenvalue weighted by Gasteiger charge is -2.62. The van der Waals surface area contributed by atoms with E-state index >= 15 is 4.39 Å². The number of rotatable bonds is 11. The Morgan fingerprint density at radius 2 is 1.64 bits per heavy atom. The van der Waals surface area contributed by atoms with E-state index in [9.17, 15) is 14.4 Å². The summed E-state index contributed by atoms with van der Waals surface area (Å²) in [4.78, 5) is 40.6. The molecule has 0 saturated heterocycles. The van der Waals surface area contributed by atoms with Gasteiger partial charge in [-0.05, 0) is 80.9 Å². The molecule has 47 heavy (non-hydrogen) atoms. The fourth-order valence-corrected chi connectivity index (χ4v) is 10.1. The second-order valence-electron chi connectivity index (χ2n) is 13.8. The van der Waals surface area contributed by atoms with Gasteiger partial charge in [0.15, 0.2) is 5.67 Å². The van der Waals surface area contributed by atoms with Gasteiger partial charge in [0.2, 0.25) is 0 Å². The van der Waals surface area contributed by atoms with E-state index in [0.29, 0.717) is 56.3 Å². The Bertz CT molecular complexity index is 1420. The zero-order valence-corrected chi connectivity index (χ0v) is 30.2. The third-order valence-electron chi connectivity index (χ3n) is 11.1. The second kappa shape index (κ2) is 14.3. The van der Waals surface area contributed by atoms with Gasteiger partial charge in [-0.25, -0.2) is 4.39 Å². The molecule has 0 aromatic heterocycles. The summed E-state index contributed by atoms with van der Waals surface area (Å²) in [5.74, 6) is -0.165. The van der Waals surface area contributed by atoms with E-state index in [-0.39, 0.29) is 30.4 Å². The van der Waals surface area contributed by atoms with E-state index in [0.717, 1.165) is 22.6 Å². The zero-order valence-electron chi connectivity index (χ0n) is 27.9. The number of carbonyl (C=O) groups is 3. The monoisotopic (exact) mass is 709 g/mol. The number of halogens is 3. The fourth-order valence-electron chi connectivity index (χ4n) is 8.80. The first-order valence-electron chi connectivity index (χ1n) is 16.6.